The van der Waals surface area contributed by atoms with E-state index in [0.717, 1.165) is 16.7 Å². The zero-order valence-corrected chi connectivity index (χ0v) is 16.4. The van der Waals surface area contributed by atoms with Crippen molar-refractivity contribution >= 4 is 17.7 Å². The van der Waals surface area contributed by atoms with E-state index in [0.29, 0.717) is 12.2 Å². The summed E-state index contributed by atoms with van der Waals surface area (Å²) in [5.74, 6) is -0.752. The van der Waals surface area contributed by atoms with Gasteiger partial charge in [0.25, 0.3) is 5.91 Å². The maximum Gasteiger partial charge on any atom is 0.344 e. The van der Waals surface area contributed by atoms with Gasteiger partial charge in [0.2, 0.25) is 0 Å². The minimum absolute atomic E-state index is 0.165. The number of carbonyl (C=O) groups is 3. The highest BCUT2D eigenvalue weighted by atomic mass is 16.6. The molecule has 0 unspecified atom stereocenters. The Morgan fingerprint density at radius 2 is 1.71 bits per heavy atom. The number of carbonyl (C=O) groups excluding carboxylic acids is 3. The fourth-order valence-electron chi connectivity index (χ4n) is 2.57. The second kappa shape index (κ2) is 10.3. The summed E-state index contributed by atoms with van der Waals surface area (Å²) in [4.78, 5) is 35.7. The van der Waals surface area contributed by atoms with E-state index in [4.69, 9.17) is 9.47 Å². The first-order valence-corrected chi connectivity index (χ1v) is 9.04. The molecule has 2 aromatic rings. The number of benzene rings is 2. The van der Waals surface area contributed by atoms with Crippen LogP contribution in [0.5, 0.6) is 5.75 Å². The molecule has 0 heterocycles. The number of rotatable bonds is 9. The molecule has 28 heavy (non-hydrogen) atoms. The molecule has 0 aliphatic heterocycles. The third-order valence-electron chi connectivity index (χ3n) is 4.16. The van der Waals surface area contributed by atoms with Crippen LogP contribution < -0.4 is 10.1 Å². The Hall–Kier alpha value is -3.15. The topological polar surface area (TPSA) is 81.7 Å². The number of hydrogen-bond donors (Lipinski definition) is 1. The van der Waals surface area contributed by atoms with Crippen molar-refractivity contribution < 1.29 is 23.9 Å². The minimum Gasteiger partial charge on any atom is -0.482 e. The second-order valence-electron chi connectivity index (χ2n) is 6.64. The van der Waals surface area contributed by atoms with Crippen molar-refractivity contribution in [1.82, 2.24) is 5.32 Å². The molecule has 6 heteroatoms. The van der Waals surface area contributed by atoms with Gasteiger partial charge in [0.15, 0.2) is 19.0 Å². The molecule has 1 atom stereocenters. The number of ketones is 1. The van der Waals surface area contributed by atoms with Gasteiger partial charge < -0.3 is 14.8 Å². The summed E-state index contributed by atoms with van der Waals surface area (Å²) in [6.45, 7) is 4.46. The predicted molar refractivity (Wildman–Crippen MR) is 105 cm³/mol. The number of aryl methyl sites for hydroxylation is 2. The molecule has 0 saturated carbocycles. The van der Waals surface area contributed by atoms with Crippen LogP contribution in [-0.2, 0) is 25.5 Å². The van der Waals surface area contributed by atoms with Gasteiger partial charge in [0.05, 0.1) is 6.04 Å². The van der Waals surface area contributed by atoms with Gasteiger partial charge in [-0.05, 0) is 49.9 Å². The molecule has 0 fully saturated rings. The number of amides is 1. The lowest BCUT2D eigenvalue weighted by Gasteiger charge is -2.16. The van der Waals surface area contributed by atoms with Crippen LogP contribution in [0.15, 0.2) is 48.5 Å². The molecule has 0 spiro atoms. The van der Waals surface area contributed by atoms with E-state index < -0.39 is 24.5 Å². The van der Waals surface area contributed by atoms with E-state index in [1.165, 1.54) is 6.92 Å². The smallest absolute Gasteiger partial charge is 0.344 e. The Balaban J connectivity index is 1.79. The van der Waals surface area contributed by atoms with Gasteiger partial charge in [-0.25, -0.2) is 4.79 Å². The van der Waals surface area contributed by atoms with Crippen LogP contribution in [0.4, 0.5) is 0 Å². The van der Waals surface area contributed by atoms with Gasteiger partial charge in [-0.1, -0.05) is 42.5 Å². The van der Waals surface area contributed by atoms with E-state index in [-0.39, 0.29) is 12.4 Å². The normalized spacial score (nSPS) is 11.4. The van der Waals surface area contributed by atoms with Crippen molar-refractivity contribution in [2.45, 2.75) is 33.2 Å². The molecule has 2 rings (SSSR count). The highest BCUT2D eigenvalue weighted by Crippen LogP contribution is 2.18. The van der Waals surface area contributed by atoms with E-state index in [9.17, 15) is 14.4 Å². The van der Waals surface area contributed by atoms with Crippen LogP contribution in [0.2, 0.25) is 0 Å². The molecule has 6 nitrogen and oxygen atoms in total. The van der Waals surface area contributed by atoms with Crippen LogP contribution >= 0.6 is 0 Å². The van der Waals surface area contributed by atoms with Crippen LogP contribution in [0.25, 0.3) is 0 Å². The maximum atomic E-state index is 12.0. The zero-order chi connectivity index (χ0) is 20.5. The highest BCUT2D eigenvalue weighted by molar-refractivity contribution is 5.88. The van der Waals surface area contributed by atoms with Crippen molar-refractivity contribution in [2.24, 2.45) is 0 Å². The lowest BCUT2D eigenvalue weighted by Crippen LogP contribution is -2.43. The Kier molecular flexibility index (Phi) is 7.75. The van der Waals surface area contributed by atoms with Crippen molar-refractivity contribution in [3.05, 3.63) is 65.2 Å². The summed E-state index contributed by atoms with van der Waals surface area (Å²) in [6.07, 6.45) is 0.381. The van der Waals surface area contributed by atoms with Crippen molar-refractivity contribution in [1.29, 1.82) is 0 Å². The molecule has 0 aromatic heterocycles. The predicted octanol–water partition coefficient (Wildman–Crippen LogP) is 2.54. The monoisotopic (exact) mass is 383 g/mol. The molecule has 1 N–H and O–H groups in total. The largest absolute Gasteiger partial charge is 0.482 e. The third-order valence-corrected chi connectivity index (χ3v) is 4.16. The highest BCUT2D eigenvalue weighted by Gasteiger charge is 2.18. The molecule has 148 valence electrons. The molecule has 1 amide bonds. The molecule has 0 aliphatic rings. The first kappa shape index (κ1) is 21.2. The molecule has 0 radical (unpaired) electrons. The molecule has 0 bridgehead atoms. The number of esters is 1. The van der Waals surface area contributed by atoms with Gasteiger partial charge in [0.1, 0.15) is 5.75 Å². The Labute approximate surface area is 164 Å². The Morgan fingerprint density at radius 3 is 2.39 bits per heavy atom. The van der Waals surface area contributed by atoms with Crippen LogP contribution in [0, 0.1) is 13.8 Å². The minimum atomic E-state index is -0.667. The number of ether oxygens (including phenoxy) is 2. The molecular formula is C22H25NO5. The third kappa shape index (κ3) is 6.87. The summed E-state index contributed by atoms with van der Waals surface area (Å²) in [5, 5.41) is 2.60. The number of Topliss-reactive ketones (excluding diaryl/α,β-unsaturated/α-hetero) is 1. The van der Waals surface area contributed by atoms with E-state index >= 15 is 0 Å². The van der Waals surface area contributed by atoms with Gasteiger partial charge in [-0.3, -0.25) is 9.59 Å². The van der Waals surface area contributed by atoms with Gasteiger partial charge in [-0.2, -0.15) is 0 Å². The second-order valence-corrected chi connectivity index (χ2v) is 6.64. The Morgan fingerprint density at radius 1 is 1.00 bits per heavy atom. The average Bonchev–Trinajstić information content (AvgIpc) is 2.67. The Bertz CT molecular complexity index is 832. The van der Waals surface area contributed by atoms with Gasteiger partial charge >= 0.3 is 5.97 Å². The molecule has 2 aromatic carbocycles. The average molecular weight is 383 g/mol. The summed E-state index contributed by atoms with van der Waals surface area (Å²) >= 11 is 0. The molecule has 0 saturated heterocycles. The number of nitrogens with one attached hydrogen (secondary N) is 1. The summed E-state index contributed by atoms with van der Waals surface area (Å²) in [5.41, 5.74) is 2.85. The lowest BCUT2D eigenvalue weighted by atomic mass is 10.0. The SMILES string of the molecule is CC(=O)[C@@H](Cc1ccccc1)NC(=O)COC(=O)COc1cc(C)ccc1C. The van der Waals surface area contributed by atoms with Crippen molar-refractivity contribution in [2.75, 3.05) is 13.2 Å². The molecular weight excluding hydrogens is 358 g/mol. The number of hydrogen-bond acceptors (Lipinski definition) is 5. The van der Waals surface area contributed by atoms with E-state index in [1.54, 1.807) is 0 Å². The van der Waals surface area contributed by atoms with Crippen LogP contribution in [0.1, 0.15) is 23.6 Å². The van der Waals surface area contributed by atoms with Crippen molar-refractivity contribution in [3.8, 4) is 5.75 Å². The fraction of sp³-hybridized carbons (Fsp3) is 0.318. The van der Waals surface area contributed by atoms with Gasteiger partial charge in [0, 0.05) is 0 Å². The van der Waals surface area contributed by atoms with Crippen LogP contribution in [0.3, 0.4) is 0 Å². The van der Waals surface area contributed by atoms with Gasteiger partial charge in [-0.15, -0.1) is 0 Å². The summed E-state index contributed by atoms with van der Waals surface area (Å²) in [7, 11) is 0. The zero-order valence-electron chi connectivity index (χ0n) is 16.4. The first-order chi connectivity index (χ1) is 13.3. The maximum absolute atomic E-state index is 12.0. The first-order valence-electron chi connectivity index (χ1n) is 9.04. The fourth-order valence-corrected chi connectivity index (χ4v) is 2.57. The van der Waals surface area contributed by atoms with Crippen LogP contribution in [-0.4, -0.2) is 36.9 Å². The van der Waals surface area contributed by atoms with E-state index in [1.807, 2.05) is 62.4 Å². The van der Waals surface area contributed by atoms with E-state index in [2.05, 4.69) is 5.32 Å². The lowest BCUT2D eigenvalue weighted by molar-refractivity contribution is -0.150. The standard InChI is InChI=1S/C22H25NO5/c1-15-9-10-16(2)20(11-15)27-14-22(26)28-13-21(25)23-19(17(3)24)12-18-7-5-4-6-8-18/h4-11,19H,12-14H2,1-3H3,(H,23,25)/t19-/m1/s1. The van der Waals surface area contributed by atoms with Crippen molar-refractivity contribution in [3.63, 3.8) is 0 Å². The summed E-state index contributed by atoms with van der Waals surface area (Å²) in [6, 6.07) is 14.4. The summed E-state index contributed by atoms with van der Waals surface area (Å²) < 4.78 is 10.4. The quantitative estimate of drug-likeness (QED) is 0.673. The molecule has 0 aliphatic carbocycles.